The van der Waals surface area contributed by atoms with Gasteiger partial charge in [0.2, 0.25) is 0 Å². The van der Waals surface area contributed by atoms with E-state index in [1.807, 2.05) is 0 Å². The fraction of sp³-hybridized carbons (Fsp3) is 0. The number of aromatic nitrogens is 2. The second-order valence-electron chi connectivity index (χ2n) is 2.72. The predicted molar refractivity (Wildman–Crippen MR) is 54.3 cm³/mol. The van der Waals surface area contributed by atoms with Crippen LogP contribution in [0.5, 0.6) is 0 Å². The molecule has 3 N–H and O–H groups in total. The van der Waals surface area contributed by atoms with Crippen molar-refractivity contribution in [3.63, 3.8) is 0 Å². The van der Waals surface area contributed by atoms with Gasteiger partial charge >= 0.3 is 5.97 Å². The number of halogens is 1. The summed E-state index contributed by atoms with van der Waals surface area (Å²) in [7, 11) is 0. The number of carboxylic acid groups (broad SMARTS) is 1. The quantitative estimate of drug-likeness (QED) is 0.807. The van der Waals surface area contributed by atoms with Crippen molar-refractivity contribution in [1.29, 1.82) is 0 Å². The first-order valence-electron chi connectivity index (χ1n) is 3.76. The van der Waals surface area contributed by atoms with Crippen molar-refractivity contribution in [2.45, 2.75) is 0 Å². The first-order chi connectivity index (χ1) is 6.59. The third kappa shape index (κ3) is 1.24. The molecule has 72 valence electrons. The molecule has 0 bridgehead atoms. The minimum atomic E-state index is -1.12. The Morgan fingerprint density at radius 2 is 2.36 bits per heavy atom. The topological polar surface area (TPSA) is 80.6 Å². The Morgan fingerprint density at radius 3 is 3.00 bits per heavy atom. The van der Waals surface area contributed by atoms with Crippen molar-refractivity contribution in [2.24, 2.45) is 0 Å². The van der Waals surface area contributed by atoms with E-state index in [0.29, 0.717) is 5.65 Å². The first-order valence-corrected chi connectivity index (χ1v) is 4.55. The second kappa shape index (κ2) is 2.98. The van der Waals surface area contributed by atoms with Gasteiger partial charge < -0.3 is 10.8 Å². The van der Waals surface area contributed by atoms with Crippen LogP contribution in [0.25, 0.3) is 5.65 Å². The lowest BCUT2D eigenvalue weighted by atomic mass is 10.4. The number of hydrogen-bond acceptors (Lipinski definition) is 3. The van der Waals surface area contributed by atoms with Crippen LogP contribution in [0.1, 0.15) is 10.5 Å². The Labute approximate surface area is 87.3 Å². The molecule has 2 heterocycles. The van der Waals surface area contributed by atoms with Gasteiger partial charge in [0.15, 0.2) is 5.69 Å². The number of pyridine rings is 1. The molecule has 0 spiro atoms. The normalized spacial score (nSPS) is 10.6. The molecule has 0 aliphatic carbocycles. The highest BCUT2D eigenvalue weighted by Crippen LogP contribution is 2.18. The molecular weight excluding hydrogens is 250 g/mol. The van der Waals surface area contributed by atoms with Gasteiger partial charge in [-0.15, -0.1) is 0 Å². The molecule has 0 aromatic carbocycles. The summed E-state index contributed by atoms with van der Waals surface area (Å²) in [6.45, 7) is 0. The smallest absolute Gasteiger partial charge is 0.358 e. The Kier molecular flexibility index (Phi) is 1.92. The van der Waals surface area contributed by atoms with Crippen LogP contribution in [-0.2, 0) is 0 Å². The van der Waals surface area contributed by atoms with Crippen molar-refractivity contribution < 1.29 is 9.90 Å². The average molecular weight is 256 g/mol. The highest BCUT2D eigenvalue weighted by atomic mass is 79.9. The lowest BCUT2D eigenvalue weighted by molar-refractivity contribution is 0.0692. The molecule has 0 fully saturated rings. The summed E-state index contributed by atoms with van der Waals surface area (Å²) >= 11 is 3.26. The van der Waals surface area contributed by atoms with Gasteiger partial charge in [0.05, 0.1) is 0 Å². The summed E-state index contributed by atoms with van der Waals surface area (Å²) in [5.74, 6) is -0.984. The number of anilines is 1. The lowest BCUT2D eigenvalue weighted by Crippen LogP contribution is -2.02. The number of fused-ring (bicyclic) bond motifs is 1. The molecule has 0 radical (unpaired) electrons. The number of nitrogen functional groups attached to an aromatic ring is 1. The van der Waals surface area contributed by atoms with Crippen molar-refractivity contribution in [3.8, 4) is 0 Å². The molecule has 0 saturated heterocycles. The van der Waals surface area contributed by atoms with Gasteiger partial charge in [0, 0.05) is 10.7 Å². The van der Waals surface area contributed by atoms with Crippen LogP contribution >= 0.6 is 15.9 Å². The van der Waals surface area contributed by atoms with Gasteiger partial charge in [-0.1, -0.05) is 15.9 Å². The SMILES string of the molecule is Nc1c(C(=O)O)nc2cc(Br)ccn12. The van der Waals surface area contributed by atoms with Crippen LogP contribution in [0.3, 0.4) is 0 Å². The molecule has 0 aliphatic rings. The number of nitrogens with two attached hydrogens (primary N) is 1. The van der Waals surface area contributed by atoms with E-state index >= 15 is 0 Å². The monoisotopic (exact) mass is 255 g/mol. The van der Waals surface area contributed by atoms with Gasteiger partial charge in [-0.3, -0.25) is 4.40 Å². The Bertz CT molecular complexity index is 521. The molecule has 2 rings (SSSR count). The van der Waals surface area contributed by atoms with E-state index in [1.54, 1.807) is 18.3 Å². The second-order valence-corrected chi connectivity index (χ2v) is 3.64. The zero-order chi connectivity index (χ0) is 10.3. The van der Waals surface area contributed by atoms with E-state index in [1.165, 1.54) is 4.40 Å². The Morgan fingerprint density at radius 1 is 1.64 bits per heavy atom. The number of aromatic carboxylic acids is 1. The maximum absolute atomic E-state index is 10.7. The fourth-order valence-electron chi connectivity index (χ4n) is 1.20. The fourth-order valence-corrected chi connectivity index (χ4v) is 1.52. The first kappa shape index (κ1) is 9.01. The Hall–Kier alpha value is -1.56. The third-order valence-corrected chi connectivity index (χ3v) is 2.32. The van der Waals surface area contributed by atoms with Gasteiger partial charge in [-0.25, -0.2) is 9.78 Å². The van der Waals surface area contributed by atoms with E-state index in [2.05, 4.69) is 20.9 Å². The molecular formula is C8H6BrN3O2. The zero-order valence-corrected chi connectivity index (χ0v) is 8.52. The summed E-state index contributed by atoms with van der Waals surface area (Å²) in [5.41, 5.74) is 5.98. The number of hydrogen-bond donors (Lipinski definition) is 2. The molecule has 0 amide bonds. The van der Waals surface area contributed by atoms with E-state index in [9.17, 15) is 4.79 Å². The van der Waals surface area contributed by atoms with Gasteiger partial charge in [-0.2, -0.15) is 0 Å². The lowest BCUT2D eigenvalue weighted by Gasteiger charge is -1.95. The molecule has 0 atom stereocenters. The molecule has 14 heavy (non-hydrogen) atoms. The molecule has 6 heteroatoms. The van der Waals surface area contributed by atoms with Gasteiger partial charge in [-0.05, 0) is 12.1 Å². The number of carbonyl (C=O) groups is 1. The summed E-state index contributed by atoms with van der Waals surface area (Å²) in [5, 5.41) is 8.77. The standard InChI is InChI=1S/C8H6BrN3O2/c9-4-1-2-12-5(3-4)11-6(7(12)10)8(13)14/h1-3H,10H2,(H,13,14). The van der Waals surface area contributed by atoms with Crippen molar-refractivity contribution in [2.75, 3.05) is 5.73 Å². The average Bonchev–Trinajstić information content (AvgIpc) is 2.43. The van der Waals surface area contributed by atoms with Crippen LogP contribution < -0.4 is 5.73 Å². The highest BCUT2D eigenvalue weighted by molar-refractivity contribution is 9.10. The van der Waals surface area contributed by atoms with Crippen molar-refractivity contribution >= 4 is 33.4 Å². The number of rotatable bonds is 1. The van der Waals surface area contributed by atoms with E-state index < -0.39 is 5.97 Å². The summed E-state index contributed by atoms with van der Waals surface area (Å²) in [6, 6.07) is 3.46. The molecule has 5 nitrogen and oxygen atoms in total. The van der Waals surface area contributed by atoms with Crippen LogP contribution in [0, 0.1) is 0 Å². The predicted octanol–water partition coefficient (Wildman–Crippen LogP) is 1.38. The number of imidazole rings is 1. The van der Waals surface area contributed by atoms with Gasteiger partial charge in [0.25, 0.3) is 0 Å². The summed E-state index contributed by atoms with van der Waals surface area (Å²) in [4.78, 5) is 14.6. The summed E-state index contributed by atoms with van der Waals surface area (Å²) < 4.78 is 2.35. The van der Waals surface area contributed by atoms with Crippen LogP contribution in [0.2, 0.25) is 0 Å². The number of carboxylic acids is 1. The van der Waals surface area contributed by atoms with E-state index in [4.69, 9.17) is 10.8 Å². The molecule has 0 aliphatic heterocycles. The minimum Gasteiger partial charge on any atom is -0.476 e. The maximum atomic E-state index is 10.7. The highest BCUT2D eigenvalue weighted by Gasteiger charge is 2.15. The zero-order valence-electron chi connectivity index (χ0n) is 6.94. The molecule has 2 aromatic rings. The summed E-state index contributed by atoms with van der Waals surface area (Å²) in [6.07, 6.45) is 1.66. The minimum absolute atomic E-state index is 0.122. The van der Waals surface area contributed by atoms with Crippen molar-refractivity contribution in [1.82, 2.24) is 9.38 Å². The van der Waals surface area contributed by atoms with Crippen LogP contribution in [0.15, 0.2) is 22.8 Å². The van der Waals surface area contributed by atoms with Crippen LogP contribution in [0.4, 0.5) is 5.82 Å². The van der Waals surface area contributed by atoms with E-state index in [0.717, 1.165) is 4.47 Å². The van der Waals surface area contributed by atoms with Gasteiger partial charge in [0.1, 0.15) is 11.5 Å². The van der Waals surface area contributed by atoms with Crippen molar-refractivity contribution in [3.05, 3.63) is 28.5 Å². The molecule has 0 unspecified atom stereocenters. The Balaban J connectivity index is 2.79. The van der Waals surface area contributed by atoms with E-state index in [-0.39, 0.29) is 11.5 Å². The largest absolute Gasteiger partial charge is 0.476 e. The van der Waals surface area contributed by atoms with Crippen LogP contribution in [-0.4, -0.2) is 20.5 Å². The number of nitrogens with zero attached hydrogens (tertiary/aromatic N) is 2. The molecule has 2 aromatic heterocycles. The maximum Gasteiger partial charge on any atom is 0.358 e. The molecule has 0 saturated carbocycles. The third-order valence-electron chi connectivity index (χ3n) is 1.83.